The summed E-state index contributed by atoms with van der Waals surface area (Å²) in [5.41, 5.74) is 2.90. The van der Waals surface area contributed by atoms with E-state index in [9.17, 15) is 13.2 Å². The number of nitrogens with one attached hydrogen (secondary N) is 1. The SMILES string of the molecule is Cc1ccc(NC(=O)c2cc(S(=O)(=O)N3CCOCC3)ccc2Cl)cc1C. The number of carbonyl (C=O) groups is 1. The summed E-state index contributed by atoms with van der Waals surface area (Å²) in [4.78, 5) is 12.7. The molecule has 1 N–H and O–H groups in total. The van der Waals surface area contributed by atoms with E-state index in [1.165, 1.54) is 22.5 Å². The van der Waals surface area contributed by atoms with Crippen LogP contribution in [0.25, 0.3) is 0 Å². The number of aryl methyl sites for hydroxylation is 2. The standard InChI is InChI=1S/C19H21ClN2O4S/c1-13-3-4-15(11-14(13)2)21-19(23)17-12-16(5-6-18(17)20)27(24,25)22-7-9-26-10-8-22/h3-6,11-12H,7-10H2,1-2H3,(H,21,23). The van der Waals surface area contributed by atoms with Crippen molar-refractivity contribution in [3.63, 3.8) is 0 Å². The van der Waals surface area contributed by atoms with E-state index in [1.807, 2.05) is 26.0 Å². The number of carbonyl (C=O) groups excluding carboxylic acids is 1. The Kier molecular flexibility index (Phi) is 5.86. The molecular weight excluding hydrogens is 388 g/mol. The lowest BCUT2D eigenvalue weighted by molar-refractivity contribution is 0.0730. The zero-order chi connectivity index (χ0) is 19.6. The number of morpholine rings is 1. The van der Waals surface area contributed by atoms with Crippen molar-refractivity contribution >= 4 is 33.2 Å². The molecule has 0 bridgehead atoms. The first-order valence-corrected chi connectivity index (χ1v) is 10.4. The van der Waals surface area contributed by atoms with E-state index in [-0.39, 0.29) is 28.6 Å². The van der Waals surface area contributed by atoms with Crippen molar-refractivity contribution in [2.24, 2.45) is 0 Å². The van der Waals surface area contributed by atoms with Gasteiger partial charge in [-0.1, -0.05) is 17.7 Å². The lowest BCUT2D eigenvalue weighted by Crippen LogP contribution is -2.40. The predicted octanol–water partition coefficient (Wildman–Crippen LogP) is 3.23. The van der Waals surface area contributed by atoms with E-state index in [2.05, 4.69) is 5.32 Å². The maximum Gasteiger partial charge on any atom is 0.257 e. The number of amides is 1. The van der Waals surface area contributed by atoms with E-state index in [0.717, 1.165) is 11.1 Å². The maximum absolute atomic E-state index is 12.8. The van der Waals surface area contributed by atoms with Crippen LogP contribution in [-0.2, 0) is 14.8 Å². The number of sulfonamides is 1. The summed E-state index contributed by atoms with van der Waals surface area (Å²) < 4.78 is 32.2. The largest absolute Gasteiger partial charge is 0.379 e. The molecule has 0 spiro atoms. The highest BCUT2D eigenvalue weighted by Gasteiger charge is 2.27. The summed E-state index contributed by atoms with van der Waals surface area (Å²) in [6.07, 6.45) is 0. The summed E-state index contributed by atoms with van der Waals surface area (Å²) in [6.45, 7) is 5.22. The molecule has 0 radical (unpaired) electrons. The molecule has 2 aromatic rings. The molecule has 27 heavy (non-hydrogen) atoms. The van der Waals surface area contributed by atoms with Crippen LogP contribution in [0.15, 0.2) is 41.3 Å². The summed E-state index contributed by atoms with van der Waals surface area (Å²) in [5, 5.41) is 2.97. The molecule has 0 atom stereocenters. The van der Waals surface area contributed by atoms with Crippen molar-refractivity contribution in [3.8, 4) is 0 Å². The van der Waals surface area contributed by atoms with Crippen molar-refractivity contribution in [1.29, 1.82) is 0 Å². The highest BCUT2D eigenvalue weighted by molar-refractivity contribution is 7.89. The highest BCUT2D eigenvalue weighted by Crippen LogP contribution is 2.25. The lowest BCUT2D eigenvalue weighted by atomic mass is 10.1. The van der Waals surface area contributed by atoms with Crippen LogP contribution in [-0.4, -0.2) is 44.9 Å². The minimum absolute atomic E-state index is 0.0408. The van der Waals surface area contributed by atoms with Crippen LogP contribution in [0, 0.1) is 13.8 Å². The van der Waals surface area contributed by atoms with Gasteiger partial charge in [0, 0.05) is 18.8 Å². The lowest BCUT2D eigenvalue weighted by Gasteiger charge is -2.26. The van der Waals surface area contributed by atoms with Gasteiger partial charge >= 0.3 is 0 Å². The molecule has 3 rings (SSSR count). The molecule has 1 heterocycles. The van der Waals surface area contributed by atoms with Gasteiger partial charge in [-0.25, -0.2) is 8.42 Å². The molecule has 1 saturated heterocycles. The van der Waals surface area contributed by atoms with Gasteiger partial charge in [0.15, 0.2) is 0 Å². The van der Waals surface area contributed by atoms with E-state index >= 15 is 0 Å². The van der Waals surface area contributed by atoms with Crippen LogP contribution in [0.4, 0.5) is 5.69 Å². The number of benzene rings is 2. The number of halogens is 1. The Bertz CT molecular complexity index is 970. The third-order valence-electron chi connectivity index (χ3n) is 4.56. The highest BCUT2D eigenvalue weighted by atomic mass is 35.5. The van der Waals surface area contributed by atoms with Gasteiger partial charge in [-0.2, -0.15) is 4.31 Å². The number of hydrogen-bond acceptors (Lipinski definition) is 4. The maximum atomic E-state index is 12.8. The predicted molar refractivity (Wildman–Crippen MR) is 105 cm³/mol. The molecule has 0 aliphatic carbocycles. The second-order valence-electron chi connectivity index (χ2n) is 6.41. The fourth-order valence-electron chi connectivity index (χ4n) is 2.79. The first-order chi connectivity index (χ1) is 12.8. The van der Waals surface area contributed by atoms with Crippen molar-refractivity contribution in [2.75, 3.05) is 31.6 Å². The van der Waals surface area contributed by atoms with Gasteiger partial charge in [0.05, 0.1) is 28.7 Å². The van der Waals surface area contributed by atoms with Crippen LogP contribution in [0.2, 0.25) is 5.02 Å². The topological polar surface area (TPSA) is 75.7 Å². The zero-order valence-electron chi connectivity index (χ0n) is 15.2. The molecule has 0 saturated carbocycles. The van der Waals surface area contributed by atoms with Crippen LogP contribution < -0.4 is 5.32 Å². The second-order valence-corrected chi connectivity index (χ2v) is 8.76. The molecule has 6 nitrogen and oxygen atoms in total. The number of nitrogens with zero attached hydrogens (tertiary/aromatic N) is 1. The van der Waals surface area contributed by atoms with Gasteiger partial charge in [0.2, 0.25) is 10.0 Å². The van der Waals surface area contributed by atoms with E-state index in [4.69, 9.17) is 16.3 Å². The summed E-state index contributed by atoms with van der Waals surface area (Å²) >= 11 is 6.16. The van der Waals surface area contributed by atoms with Crippen molar-refractivity contribution < 1.29 is 17.9 Å². The van der Waals surface area contributed by atoms with Gasteiger partial charge in [0.25, 0.3) is 5.91 Å². The number of anilines is 1. The van der Waals surface area contributed by atoms with Crippen molar-refractivity contribution in [3.05, 3.63) is 58.1 Å². The van der Waals surface area contributed by atoms with Crippen LogP contribution in [0.1, 0.15) is 21.5 Å². The first kappa shape index (κ1) is 19.8. The van der Waals surface area contributed by atoms with Crippen molar-refractivity contribution in [2.45, 2.75) is 18.7 Å². The Morgan fingerprint density at radius 2 is 1.78 bits per heavy atom. The van der Waals surface area contributed by atoms with E-state index in [1.54, 1.807) is 6.07 Å². The molecule has 1 aliphatic rings. The van der Waals surface area contributed by atoms with Crippen molar-refractivity contribution in [1.82, 2.24) is 4.31 Å². The van der Waals surface area contributed by atoms with Gasteiger partial charge in [-0.05, 0) is 55.3 Å². The average Bonchev–Trinajstić information content (AvgIpc) is 2.65. The Morgan fingerprint density at radius 3 is 2.44 bits per heavy atom. The summed E-state index contributed by atoms with van der Waals surface area (Å²) in [6, 6.07) is 9.73. The molecule has 1 aliphatic heterocycles. The zero-order valence-corrected chi connectivity index (χ0v) is 16.7. The minimum Gasteiger partial charge on any atom is -0.379 e. The molecular formula is C19H21ClN2O4S. The Balaban J connectivity index is 1.88. The normalized spacial score (nSPS) is 15.5. The smallest absolute Gasteiger partial charge is 0.257 e. The number of hydrogen-bond donors (Lipinski definition) is 1. The molecule has 0 aromatic heterocycles. The van der Waals surface area contributed by atoms with E-state index < -0.39 is 15.9 Å². The quantitative estimate of drug-likeness (QED) is 0.842. The van der Waals surface area contributed by atoms with Gasteiger partial charge < -0.3 is 10.1 Å². The number of ether oxygens (including phenoxy) is 1. The molecule has 2 aromatic carbocycles. The molecule has 1 fully saturated rings. The third-order valence-corrected chi connectivity index (χ3v) is 6.78. The Hall–Kier alpha value is -1.93. The monoisotopic (exact) mass is 408 g/mol. The summed E-state index contributed by atoms with van der Waals surface area (Å²) in [5.74, 6) is -0.456. The summed E-state index contributed by atoms with van der Waals surface area (Å²) in [7, 11) is -3.71. The molecule has 8 heteroatoms. The van der Waals surface area contributed by atoms with Crippen LogP contribution in [0.5, 0.6) is 0 Å². The van der Waals surface area contributed by atoms with Crippen LogP contribution >= 0.6 is 11.6 Å². The number of rotatable bonds is 4. The van der Waals surface area contributed by atoms with Gasteiger partial charge in [-0.3, -0.25) is 4.79 Å². The molecule has 1 amide bonds. The fourth-order valence-corrected chi connectivity index (χ4v) is 4.43. The van der Waals surface area contributed by atoms with E-state index in [0.29, 0.717) is 18.9 Å². The fraction of sp³-hybridized carbons (Fsp3) is 0.316. The Morgan fingerprint density at radius 1 is 1.07 bits per heavy atom. The minimum atomic E-state index is -3.71. The van der Waals surface area contributed by atoms with Crippen LogP contribution in [0.3, 0.4) is 0 Å². The first-order valence-electron chi connectivity index (χ1n) is 8.55. The Labute approximate surface area is 164 Å². The molecule has 0 unspecified atom stereocenters. The second kappa shape index (κ2) is 7.98. The molecule has 144 valence electrons. The van der Waals surface area contributed by atoms with Gasteiger partial charge in [0.1, 0.15) is 0 Å². The van der Waals surface area contributed by atoms with Gasteiger partial charge in [-0.15, -0.1) is 0 Å². The third kappa shape index (κ3) is 4.32. The average molecular weight is 409 g/mol.